The molecule has 0 aromatic heterocycles. The Hall–Kier alpha value is -2.16. The largest absolute Gasteiger partial charge is 0.274 e. The minimum atomic E-state index is 0.797. The van der Waals surface area contributed by atoms with E-state index in [2.05, 4.69) is 29.4 Å². The van der Waals surface area contributed by atoms with E-state index in [1.807, 2.05) is 53.5 Å². The topological polar surface area (TPSA) is 28.0 Å². The fourth-order valence-electron chi connectivity index (χ4n) is 1.82. The lowest BCUT2D eigenvalue weighted by Crippen LogP contribution is -2.17. The molecule has 2 aromatic carbocycles. The molecule has 0 heterocycles. The molecule has 19 heavy (non-hydrogen) atoms. The summed E-state index contributed by atoms with van der Waals surface area (Å²) in [5, 5.41) is 10.6. The molecule has 3 nitrogen and oxygen atoms in total. The van der Waals surface area contributed by atoms with Gasteiger partial charge in [-0.3, -0.25) is 5.01 Å². The maximum absolute atomic E-state index is 4.34. The molecule has 2 aromatic rings. The normalized spacial score (nSPS) is 10.8. The second-order valence-electron chi connectivity index (χ2n) is 4.40. The van der Waals surface area contributed by atoms with Crippen molar-refractivity contribution in [2.45, 2.75) is 19.9 Å². The van der Waals surface area contributed by atoms with E-state index in [0.29, 0.717) is 0 Å². The van der Waals surface area contributed by atoms with Crippen molar-refractivity contribution in [1.29, 1.82) is 0 Å². The van der Waals surface area contributed by atoms with E-state index in [1.165, 1.54) is 5.56 Å². The number of hydrogen-bond acceptors (Lipinski definition) is 2. The average molecular weight is 253 g/mol. The van der Waals surface area contributed by atoms with E-state index in [-0.39, 0.29) is 0 Å². The smallest absolute Gasteiger partial charge is 0.0874 e. The van der Waals surface area contributed by atoms with Crippen molar-refractivity contribution in [3.8, 4) is 0 Å². The van der Waals surface area contributed by atoms with Crippen molar-refractivity contribution in [2.24, 2.45) is 10.3 Å². The predicted molar refractivity (Wildman–Crippen MR) is 78.1 cm³/mol. The van der Waals surface area contributed by atoms with E-state index < -0.39 is 0 Å². The average Bonchev–Trinajstić information content (AvgIpc) is 2.47. The number of nitrogens with zero attached hydrogens (tertiary/aromatic N) is 3. The molecular formula is C16H19N3. The molecule has 0 unspecified atom stereocenters. The predicted octanol–water partition coefficient (Wildman–Crippen LogP) is 4.60. The molecule has 0 aliphatic heterocycles. The summed E-state index contributed by atoms with van der Waals surface area (Å²) in [5.41, 5.74) is 2.14. The highest BCUT2D eigenvalue weighted by molar-refractivity contribution is 5.34. The van der Waals surface area contributed by atoms with Gasteiger partial charge in [-0.05, 0) is 24.1 Å². The Labute approximate surface area is 114 Å². The molecule has 0 aliphatic carbocycles. The molecule has 0 amide bonds. The van der Waals surface area contributed by atoms with Gasteiger partial charge in [-0.2, -0.15) is 0 Å². The van der Waals surface area contributed by atoms with Crippen LogP contribution in [0.5, 0.6) is 0 Å². The van der Waals surface area contributed by atoms with Crippen molar-refractivity contribution in [3.63, 3.8) is 0 Å². The monoisotopic (exact) mass is 253 g/mol. The Morgan fingerprint density at radius 1 is 0.895 bits per heavy atom. The third-order valence-electron chi connectivity index (χ3n) is 2.73. The third-order valence-corrected chi connectivity index (χ3v) is 2.73. The van der Waals surface area contributed by atoms with Crippen molar-refractivity contribution < 1.29 is 0 Å². The zero-order chi connectivity index (χ0) is 13.3. The van der Waals surface area contributed by atoms with Gasteiger partial charge in [-0.25, -0.2) is 0 Å². The fraction of sp³-hybridized carbons (Fsp3) is 0.250. The first-order valence-electron chi connectivity index (χ1n) is 6.64. The van der Waals surface area contributed by atoms with Gasteiger partial charge in [0.25, 0.3) is 0 Å². The van der Waals surface area contributed by atoms with Gasteiger partial charge in [0.1, 0.15) is 0 Å². The molecule has 0 saturated heterocycles. The highest BCUT2D eigenvalue weighted by Crippen LogP contribution is 2.13. The van der Waals surface area contributed by atoms with Crippen molar-refractivity contribution in [2.75, 3.05) is 6.54 Å². The summed E-state index contributed by atoms with van der Waals surface area (Å²) >= 11 is 0. The molecule has 0 N–H and O–H groups in total. The van der Waals surface area contributed by atoms with E-state index in [4.69, 9.17) is 0 Å². The molecule has 0 saturated carbocycles. The van der Waals surface area contributed by atoms with Crippen LogP contribution in [0.2, 0.25) is 0 Å². The van der Waals surface area contributed by atoms with E-state index in [1.54, 1.807) is 0 Å². The highest BCUT2D eigenvalue weighted by Gasteiger charge is 2.01. The van der Waals surface area contributed by atoms with Gasteiger partial charge in [0.2, 0.25) is 0 Å². The fourth-order valence-corrected chi connectivity index (χ4v) is 1.82. The Balaban J connectivity index is 2.02. The maximum atomic E-state index is 4.34. The van der Waals surface area contributed by atoms with Crippen molar-refractivity contribution in [1.82, 2.24) is 5.01 Å². The second kappa shape index (κ2) is 7.31. The molecule has 3 heteroatoms. The summed E-state index contributed by atoms with van der Waals surface area (Å²) in [6, 6.07) is 20.2. The zero-order valence-corrected chi connectivity index (χ0v) is 11.2. The standard InChI is InChI=1S/C16H19N3/c1-2-13-19(14-15-9-5-3-6-10-15)18-17-16-11-7-4-8-12-16/h3-12H,2,13-14H2,1H3. The quantitative estimate of drug-likeness (QED) is 0.546. The van der Waals surface area contributed by atoms with Crippen LogP contribution in [0.25, 0.3) is 0 Å². The lowest BCUT2D eigenvalue weighted by Gasteiger charge is -2.16. The molecule has 98 valence electrons. The summed E-state index contributed by atoms with van der Waals surface area (Å²) in [7, 11) is 0. The minimum Gasteiger partial charge on any atom is -0.274 e. The Bertz CT molecular complexity index is 494. The molecule has 2 rings (SSSR count). The van der Waals surface area contributed by atoms with Crippen LogP contribution in [-0.2, 0) is 6.54 Å². The Kier molecular flexibility index (Phi) is 5.11. The van der Waals surface area contributed by atoms with Gasteiger partial charge < -0.3 is 0 Å². The SMILES string of the molecule is CCCN(Cc1ccccc1)N=Nc1ccccc1. The van der Waals surface area contributed by atoms with Gasteiger partial charge in [0.15, 0.2) is 0 Å². The first-order chi connectivity index (χ1) is 9.38. The van der Waals surface area contributed by atoms with Gasteiger partial charge in [-0.1, -0.05) is 60.7 Å². The van der Waals surface area contributed by atoms with Crippen LogP contribution in [0.3, 0.4) is 0 Å². The van der Waals surface area contributed by atoms with Crippen molar-refractivity contribution >= 4 is 5.69 Å². The molecule has 0 spiro atoms. The number of rotatable bonds is 6. The third kappa shape index (κ3) is 4.54. The van der Waals surface area contributed by atoms with Crippen molar-refractivity contribution in [3.05, 3.63) is 66.2 Å². The van der Waals surface area contributed by atoms with E-state index >= 15 is 0 Å². The van der Waals surface area contributed by atoms with Crippen LogP contribution in [-0.4, -0.2) is 11.6 Å². The Morgan fingerprint density at radius 2 is 1.53 bits per heavy atom. The molecule has 0 bridgehead atoms. The van der Waals surface area contributed by atoms with E-state index in [9.17, 15) is 0 Å². The van der Waals surface area contributed by atoms with Gasteiger partial charge in [0, 0.05) is 6.54 Å². The van der Waals surface area contributed by atoms with Crippen LogP contribution in [0.4, 0.5) is 5.69 Å². The van der Waals surface area contributed by atoms with Crippen LogP contribution in [0.15, 0.2) is 71.0 Å². The lowest BCUT2D eigenvalue weighted by atomic mass is 10.2. The van der Waals surface area contributed by atoms with Crippen LogP contribution >= 0.6 is 0 Å². The van der Waals surface area contributed by atoms with Gasteiger partial charge >= 0.3 is 0 Å². The molecular weight excluding hydrogens is 234 g/mol. The molecule has 0 atom stereocenters. The van der Waals surface area contributed by atoms with Crippen LogP contribution in [0.1, 0.15) is 18.9 Å². The van der Waals surface area contributed by atoms with Gasteiger partial charge in [0.05, 0.1) is 12.2 Å². The number of benzene rings is 2. The van der Waals surface area contributed by atoms with Gasteiger partial charge in [-0.15, -0.1) is 5.11 Å². The maximum Gasteiger partial charge on any atom is 0.0874 e. The summed E-state index contributed by atoms with van der Waals surface area (Å²) in [6.45, 7) is 3.85. The Morgan fingerprint density at radius 3 is 2.16 bits per heavy atom. The zero-order valence-electron chi connectivity index (χ0n) is 11.2. The first kappa shape index (κ1) is 13.3. The van der Waals surface area contributed by atoms with Crippen LogP contribution < -0.4 is 0 Å². The molecule has 0 fully saturated rings. The molecule has 0 radical (unpaired) electrons. The summed E-state index contributed by atoms with van der Waals surface area (Å²) in [4.78, 5) is 0. The molecule has 0 aliphatic rings. The first-order valence-corrected chi connectivity index (χ1v) is 6.64. The summed E-state index contributed by atoms with van der Waals surface area (Å²) in [5.74, 6) is 0. The summed E-state index contributed by atoms with van der Waals surface area (Å²) in [6.07, 6.45) is 1.06. The van der Waals surface area contributed by atoms with Crippen LogP contribution in [0, 0.1) is 0 Å². The minimum absolute atomic E-state index is 0.797. The summed E-state index contributed by atoms with van der Waals surface area (Å²) < 4.78 is 0. The van der Waals surface area contributed by atoms with E-state index in [0.717, 1.165) is 25.2 Å². The highest BCUT2D eigenvalue weighted by atomic mass is 15.5. The second-order valence-corrected chi connectivity index (χ2v) is 4.40. The number of hydrogen-bond donors (Lipinski definition) is 0. The lowest BCUT2D eigenvalue weighted by molar-refractivity contribution is 0.262.